The van der Waals surface area contributed by atoms with Gasteiger partial charge < -0.3 is 0 Å². The van der Waals surface area contributed by atoms with Gasteiger partial charge in [-0.15, -0.1) is 0 Å². The Kier molecular flexibility index (Phi) is 3.81. The third-order valence-electron chi connectivity index (χ3n) is 3.79. The number of hydrazone groups is 1. The summed E-state index contributed by atoms with van der Waals surface area (Å²) in [7, 11) is 0. The summed E-state index contributed by atoms with van der Waals surface area (Å²) in [6.45, 7) is 0.609. The number of anilines is 2. The molecule has 0 fully saturated rings. The van der Waals surface area contributed by atoms with Crippen molar-refractivity contribution in [3.8, 4) is 0 Å². The molecule has 1 aromatic heterocycles. The van der Waals surface area contributed by atoms with E-state index in [1.165, 1.54) is 0 Å². The van der Waals surface area contributed by atoms with E-state index in [0.717, 1.165) is 22.8 Å². The van der Waals surface area contributed by atoms with Crippen molar-refractivity contribution in [3.05, 3.63) is 90.8 Å². The monoisotopic (exact) mass is 315 g/mol. The molecule has 2 aromatic carbocycles. The molecule has 118 valence electrons. The fourth-order valence-electron chi connectivity index (χ4n) is 2.59. The molecule has 24 heavy (non-hydrogen) atoms. The molecule has 0 spiro atoms. The van der Waals surface area contributed by atoms with Gasteiger partial charge in [0, 0.05) is 18.0 Å². The Labute approximate surface area is 140 Å². The van der Waals surface area contributed by atoms with E-state index in [0.29, 0.717) is 6.67 Å². The lowest BCUT2D eigenvalue weighted by Gasteiger charge is -2.36. The number of benzene rings is 2. The molecule has 1 N–H and O–H groups in total. The third kappa shape index (κ3) is 2.92. The summed E-state index contributed by atoms with van der Waals surface area (Å²) in [5.41, 5.74) is 6.45. The molecule has 3 aromatic rings. The Balaban J connectivity index is 1.73. The van der Waals surface area contributed by atoms with Crippen LogP contribution in [0.4, 0.5) is 11.4 Å². The summed E-state index contributed by atoms with van der Waals surface area (Å²) in [6, 6.07) is 24.3. The molecule has 1 aliphatic heterocycles. The van der Waals surface area contributed by atoms with Crippen LogP contribution >= 0.6 is 0 Å². The van der Waals surface area contributed by atoms with Gasteiger partial charge in [-0.3, -0.25) is 15.4 Å². The fraction of sp³-hybridized carbons (Fsp3) is 0.0526. The highest BCUT2D eigenvalue weighted by molar-refractivity contribution is 6.00. The number of hydrogen-bond donors (Lipinski definition) is 1. The van der Waals surface area contributed by atoms with E-state index in [1.54, 1.807) is 6.20 Å². The molecule has 4 rings (SSSR count). The first kappa shape index (κ1) is 14.3. The van der Waals surface area contributed by atoms with Crippen LogP contribution in [0.3, 0.4) is 0 Å². The lowest BCUT2D eigenvalue weighted by Crippen LogP contribution is -2.53. The molecular weight excluding hydrogens is 298 g/mol. The first-order valence-corrected chi connectivity index (χ1v) is 7.81. The molecule has 0 aliphatic carbocycles. The van der Waals surface area contributed by atoms with Gasteiger partial charge in [0.25, 0.3) is 0 Å². The molecule has 5 heteroatoms. The number of pyridine rings is 1. The van der Waals surface area contributed by atoms with Crippen LogP contribution in [0.25, 0.3) is 0 Å². The predicted octanol–water partition coefficient (Wildman–Crippen LogP) is 3.23. The second-order valence-electron chi connectivity index (χ2n) is 5.44. The van der Waals surface area contributed by atoms with Crippen LogP contribution in [0, 0.1) is 0 Å². The highest BCUT2D eigenvalue weighted by Gasteiger charge is 2.21. The van der Waals surface area contributed by atoms with Gasteiger partial charge in [0.05, 0.1) is 11.4 Å². The summed E-state index contributed by atoms with van der Waals surface area (Å²) < 4.78 is 0. The third-order valence-corrected chi connectivity index (χ3v) is 3.79. The van der Waals surface area contributed by atoms with Crippen LogP contribution in [-0.4, -0.2) is 17.5 Å². The van der Waals surface area contributed by atoms with Crippen molar-refractivity contribution in [2.45, 2.75) is 0 Å². The highest BCUT2D eigenvalue weighted by Crippen LogP contribution is 2.21. The van der Waals surface area contributed by atoms with Crippen LogP contribution in [-0.2, 0) is 0 Å². The average Bonchev–Trinajstić information content (AvgIpc) is 2.70. The van der Waals surface area contributed by atoms with Crippen LogP contribution in [0.5, 0.6) is 0 Å². The lowest BCUT2D eigenvalue weighted by molar-refractivity contribution is 0.678. The minimum Gasteiger partial charge on any atom is -0.278 e. The SMILES string of the molecule is c1ccc(N2CN(c3ccccc3)NC(c3cccnc3)=N2)cc1. The van der Waals surface area contributed by atoms with E-state index >= 15 is 0 Å². The highest BCUT2D eigenvalue weighted by atomic mass is 15.7. The Morgan fingerprint density at radius 2 is 1.50 bits per heavy atom. The summed E-state index contributed by atoms with van der Waals surface area (Å²) in [5, 5.41) is 8.81. The second kappa shape index (κ2) is 6.42. The van der Waals surface area contributed by atoms with Crippen molar-refractivity contribution in [3.63, 3.8) is 0 Å². The van der Waals surface area contributed by atoms with Gasteiger partial charge in [-0.1, -0.05) is 36.4 Å². The summed E-state index contributed by atoms with van der Waals surface area (Å²) in [5.74, 6) is 0.766. The maximum Gasteiger partial charge on any atom is 0.174 e. The number of nitrogens with zero attached hydrogens (tertiary/aromatic N) is 4. The molecule has 0 saturated heterocycles. The minimum atomic E-state index is 0.609. The van der Waals surface area contributed by atoms with Crippen LogP contribution in [0.1, 0.15) is 5.56 Å². The summed E-state index contributed by atoms with van der Waals surface area (Å²) in [6.07, 6.45) is 3.57. The van der Waals surface area contributed by atoms with Gasteiger partial charge in [-0.2, -0.15) is 5.10 Å². The van der Waals surface area contributed by atoms with Crippen molar-refractivity contribution in [1.29, 1.82) is 0 Å². The normalized spacial score (nSPS) is 14.1. The van der Waals surface area contributed by atoms with Gasteiger partial charge in [-0.05, 0) is 36.4 Å². The van der Waals surface area contributed by atoms with Gasteiger partial charge in [0.15, 0.2) is 5.84 Å². The fourth-order valence-corrected chi connectivity index (χ4v) is 2.59. The second-order valence-corrected chi connectivity index (χ2v) is 5.44. The van der Waals surface area contributed by atoms with E-state index in [9.17, 15) is 0 Å². The first-order valence-electron chi connectivity index (χ1n) is 7.81. The molecule has 0 bridgehead atoms. The average molecular weight is 315 g/mol. The van der Waals surface area contributed by atoms with Crippen molar-refractivity contribution < 1.29 is 0 Å². The molecule has 5 nitrogen and oxygen atoms in total. The van der Waals surface area contributed by atoms with Crippen molar-refractivity contribution >= 4 is 17.2 Å². The largest absolute Gasteiger partial charge is 0.278 e. The van der Waals surface area contributed by atoms with Crippen molar-refractivity contribution in [2.24, 2.45) is 5.10 Å². The topological polar surface area (TPSA) is 43.8 Å². The molecular formula is C19H17N5. The van der Waals surface area contributed by atoms with Gasteiger partial charge >= 0.3 is 0 Å². The Hall–Kier alpha value is -3.34. The maximum atomic E-state index is 4.76. The van der Waals surface area contributed by atoms with Crippen LogP contribution < -0.4 is 15.4 Å². The van der Waals surface area contributed by atoms with Crippen LogP contribution in [0.2, 0.25) is 0 Å². The zero-order chi connectivity index (χ0) is 16.2. The summed E-state index contributed by atoms with van der Waals surface area (Å²) >= 11 is 0. The number of hydrogen-bond acceptors (Lipinski definition) is 5. The molecule has 2 heterocycles. The smallest absolute Gasteiger partial charge is 0.174 e. The van der Waals surface area contributed by atoms with Gasteiger partial charge in [0.2, 0.25) is 0 Å². The number of para-hydroxylation sites is 2. The van der Waals surface area contributed by atoms with Gasteiger partial charge in [-0.25, -0.2) is 5.01 Å². The van der Waals surface area contributed by atoms with E-state index in [-0.39, 0.29) is 0 Å². The first-order chi connectivity index (χ1) is 11.9. The minimum absolute atomic E-state index is 0.609. The molecule has 1 aliphatic rings. The Bertz CT molecular complexity index is 818. The summed E-state index contributed by atoms with van der Waals surface area (Å²) in [4.78, 5) is 4.20. The number of nitrogens with one attached hydrogen (secondary N) is 1. The molecule has 0 atom stereocenters. The quantitative estimate of drug-likeness (QED) is 0.806. The predicted molar refractivity (Wildman–Crippen MR) is 96.6 cm³/mol. The number of rotatable bonds is 3. The number of aromatic nitrogens is 1. The lowest BCUT2D eigenvalue weighted by atomic mass is 10.2. The van der Waals surface area contributed by atoms with E-state index in [4.69, 9.17) is 5.10 Å². The number of amidine groups is 1. The molecule has 0 saturated carbocycles. The zero-order valence-electron chi connectivity index (χ0n) is 13.1. The van der Waals surface area contributed by atoms with Crippen molar-refractivity contribution in [2.75, 3.05) is 16.7 Å². The van der Waals surface area contributed by atoms with E-state index in [2.05, 4.69) is 39.7 Å². The Morgan fingerprint density at radius 3 is 2.17 bits per heavy atom. The van der Waals surface area contributed by atoms with Crippen molar-refractivity contribution in [1.82, 2.24) is 10.4 Å². The number of hydrazine groups is 1. The Morgan fingerprint density at radius 1 is 0.792 bits per heavy atom. The zero-order valence-corrected chi connectivity index (χ0v) is 13.1. The molecule has 0 radical (unpaired) electrons. The van der Waals surface area contributed by atoms with Crippen LogP contribution in [0.15, 0.2) is 90.3 Å². The van der Waals surface area contributed by atoms with Gasteiger partial charge in [0.1, 0.15) is 6.67 Å². The maximum absolute atomic E-state index is 4.76. The molecule has 0 amide bonds. The van der Waals surface area contributed by atoms with E-state index < -0.39 is 0 Å². The molecule has 0 unspecified atom stereocenters. The van der Waals surface area contributed by atoms with E-state index in [1.807, 2.05) is 59.7 Å². The standard InChI is InChI=1S/C19H17N5/c1-3-9-17(10-4-1)23-15-24(18-11-5-2-6-12-18)22-19(21-23)16-8-7-13-20-14-16/h1-14H,15H2,(H,21,22).